The summed E-state index contributed by atoms with van der Waals surface area (Å²) in [5, 5.41) is 10.0. The van der Waals surface area contributed by atoms with Gasteiger partial charge in [0.15, 0.2) is 0 Å². The lowest BCUT2D eigenvalue weighted by atomic mass is 9.70. The van der Waals surface area contributed by atoms with Crippen molar-refractivity contribution in [2.24, 2.45) is 23.5 Å². The molecule has 2 aliphatic carbocycles. The van der Waals surface area contributed by atoms with E-state index in [1.165, 1.54) is 36.8 Å². The Morgan fingerprint density at radius 2 is 1.95 bits per heavy atom. The van der Waals surface area contributed by atoms with Gasteiger partial charge in [-0.2, -0.15) is 0 Å². The maximum atomic E-state index is 10.0. The zero-order valence-electron chi connectivity index (χ0n) is 12.5. The van der Waals surface area contributed by atoms with Gasteiger partial charge >= 0.3 is 0 Å². The summed E-state index contributed by atoms with van der Waals surface area (Å²) in [6.07, 6.45) is 6.67. The fraction of sp³-hybridized carbons (Fsp3) is 0.667. The Hall–Kier alpha value is -0.860. The maximum Gasteiger partial charge on any atom is 0.0540 e. The van der Waals surface area contributed by atoms with E-state index in [0.717, 1.165) is 24.2 Å². The second kappa shape index (κ2) is 5.50. The van der Waals surface area contributed by atoms with Crippen LogP contribution in [0.15, 0.2) is 24.3 Å². The van der Waals surface area contributed by atoms with E-state index in [9.17, 15) is 5.11 Å². The molecule has 4 atom stereocenters. The van der Waals surface area contributed by atoms with Crippen molar-refractivity contribution >= 4 is 0 Å². The van der Waals surface area contributed by atoms with Gasteiger partial charge in [0.05, 0.1) is 6.61 Å². The molecule has 2 fully saturated rings. The third-order valence-corrected chi connectivity index (χ3v) is 5.89. The van der Waals surface area contributed by atoms with Crippen LogP contribution in [0, 0.1) is 24.7 Å². The van der Waals surface area contributed by atoms with Crippen LogP contribution in [-0.2, 0) is 5.41 Å². The van der Waals surface area contributed by atoms with Crippen molar-refractivity contribution in [3.63, 3.8) is 0 Å². The fourth-order valence-electron chi connectivity index (χ4n) is 4.57. The molecule has 3 N–H and O–H groups in total. The van der Waals surface area contributed by atoms with E-state index in [-0.39, 0.29) is 12.0 Å². The first-order chi connectivity index (χ1) is 9.66. The van der Waals surface area contributed by atoms with E-state index in [1.807, 2.05) is 0 Å². The van der Waals surface area contributed by atoms with Crippen molar-refractivity contribution in [2.75, 3.05) is 13.2 Å². The molecule has 110 valence electrons. The summed E-state index contributed by atoms with van der Waals surface area (Å²) >= 11 is 0. The van der Waals surface area contributed by atoms with Crippen LogP contribution in [0.5, 0.6) is 0 Å². The number of aryl methyl sites for hydroxylation is 1. The van der Waals surface area contributed by atoms with Gasteiger partial charge in [0.1, 0.15) is 0 Å². The summed E-state index contributed by atoms with van der Waals surface area (Å²) in [7, 11) is 0. The highest BCUT2D eigenvalue weighted by Crippen LogP contribution is 2.52. The lowest BCUT2D eigenvalue weighted by Crippen LogP contribution is -2.41. The lowest BCUT2D eigenvalue weighted by Gasteiger charge is -2.36. The Morgan fingerprint density at radius 3 is 2.45 bits per heavy atom. The Morgan fingerprint density at radius 1 is 1.20 bits per heavy atom. The molecule has 0 saturated heterocycles. The number of benzene rings is 1. The van der Waals surface area contributed by atoms with E-state index in [0.29, 0.717) is 6.54 Å². The molecule has 2 aliphatic rings. The molecule has 2 heteroatoms. The quantitative estimate of drug-likeness (QED) is 0.866. The predicted octanol–water partition coefficient (Wildman–Crippen LogP) is 3.01. The van der Waals surface area contributed by atoms with E-state index in [1.54, 1.807) is 0 Å². The molecule has 2 saturated carbocycles. The SMILES string of the molecule is Cc1ccc(C(CN)(CO)CC2CC3CCC2C3)cc1. The van der Waals surface area contributed by atoms with Crippen molar-refractivity contribution in [2.45, 2.75) is 44.4 Å². The minimum atomic E-state index is -0.233. The van der Waals surface area contributed by atoms with Gasteiger partial charge in [0.2, 0.25) is 0 Å². The van der Waals surface area contributed by atoms with Gasteiger partial charge in [0.25, 0.3) is 0 Å². The molecule has 0 radical (unpaired) electrons. The molecule has 0 aromatic heterocycles. The van der Waals surface area contributed by atoms with Crippen LogP contribution in [0.25, 0.3) is 0 Å². The van der Waals surface area contributed by atoms with E-state index >= 15 is 0 Å². The molecular formula is C18H27NO. The number of hydrogen-bond acceptors (Lipinski definition) is 2. The highest BCUT2D eigenvalue weighted by Gasteiger charge is 2.43. The van der Waals surface area contributed by atoms with Gasteiger partial charge in [-0.15, -0.1) is 0 Å². The molecule has 0 heterocycles. The van der Waals surface area contributed by atoms with Gasteiger partial charge < -0.3 is 10.8 Å². The minimum Gasteiger partial charge on any atom is -0.395 e. The van der Waals surface area contributed by atoms with Crippen LogP contribution in [-0.4, -0.2) is 18.3 Å². The zero-order valence-corrected chi connectivity index (χ0v) is 12.5. The van der Waals surface area contributed by atoms with Crippen LogP contribution in [0.4, 0.5) is 0 Å². The van der Waals surface area contributed by atoms with Crippen LogP contribution in [0.1, 0.15) is 43.2 Å². The average Bonchev–Trinajstić information content (AvgIpc) is 3.08. The highest BCUT2D eigenvalue weighted by atomic mass is 16.3. The number of hydrogen-bond donors (Lipinski definition) is 2. The first kappa shape index (κ1) is 14.1. The standard InChI is InChI=1S/C18H27NO/c1-13-2-6-17(7-3-13)18(11-19,12-20)10-16-9-14-4-5-15(16)8-14/h2-3,6-7,14-16,20H,4-5,8-12,19H2,1H3. The van der Waals surface area contributed by atoms with Gasteiger partial charge in [0, 0.05) is 12.0 Å². The van der Waals surface area contributed by atoms with Crippen molar-refractivity contribution in [3.8, 4) is 0 Å². The molecule has 1 aromatic rings. The Bertz CT molecular complexity index is 449. The summed E-state index contributed by atoms with van der Waals surface area (Å²) < 4.78 is 0. The van der Waals surface area contributed by atoms with Crippen molar-refractivity contribution in [1.82, 2.24) is 0 Å². The highest BCUT2D eigenvalue weighted by molar-refractivity contribution is 5.30. The number of aliphatic hydroxyl groups is 1. The average molecular weight is 273 g/mol. The first-order valence-electron chi connectivity index (χ1n) is 8.05. The van der Waals surface area contributed by atoms with E-state index < -0.39 is 0 Å². The van der Waals surface area contributed by atoms with Crippen molar-refractivity contribution in [3.05, 3.63) is 35.4 Å². The van der Waals surface area contributed by atoms with Crippen LogP contribution in [0.2, 0.25) is 0 Å². The van der Waals surface area contributed by atoms with E-state index in [4.69, 9.17) is 5.73 Å². The molecule has 2 bridgehead atoms. The summed E-state index contributed by atoms with van der Waals surface area (Å²) in [6, 6.07) is 8.59. The predicted molar refractivity (Wildman–Crippen MR) is 82.6 cm³/mol. The number of rotatable bonds is 5. The fourth-order valence-corrected chi connectivity index (χ4v) is 4.57. The van der Waals surface area contributed by atoms with E-state index in [2.05, 4.69) is 31.2 Å². The van der Waals surface area contributed by atoms with Crippen LogP contribution >= 0.6 is 0 Å². The molecule has 0 aliphatic heterocycles. The molecule has 2 nitrogen and oxygen atoms in total. The molecule has 3 rings (SSSR count). The number of fused-ring (bicyclic) bond motifs is 2. The minimum absolute atomic E-state index is 0.167. The monoisotopic (exact) mass is 273 g/mol. The van der Waals surface area contributed by atoms with Crippen molar-refractivity contribution < 1.29 is 5.11 Å². The number of aliphatic hydroxyl groups excluding tert-OH is 1. The zero-order chi connectivity index (χ0) is 14.2. The molecule has 0 amide bonds. The normalized spacial score (nSPS) is 31.4. The molecule has 0 spiro atoms. The maximum absolute atomic E-state index is 10.0. The number of nitrogens with two attached hydrogens (primary N) is 1. The molecule has 4 unspecified atom stereocenters. The third kappa shape index (κ3) is 2.40. The summed E-state index contributed by atoms with van der Waals surface area (Å²) in [5.41, 5.74) is 8.35. The van der Waals surface area contributed by atoms with Crippen molar-refractivity contribution in [1.29, 1.82) is 0 Å². The molecular weight excluding hydrogens is 246 g/mol. The van der Waals surface area contributed by atoms with Gasteiger partial charge in [-0.05, 0) is 55.9 Å². The van der Waals surface area contributed by atoms with Crippen LogP contribution < -0.4 is 5.73 Å². The summed E-state index contributed by atoms with van der Waals surface area (Å²) in [6.45, 7) is 2.81. The van der Waals surface area contributed by atoms with Gasteiger partial charge in [-0.1, -0.05) is 36.2 Å². The van der Waals surface area contributed by atoms with Gasteiger partial charge in [-0.25, -0.2) is 0 Å². The Balaban J connectivity index is 1.82. The largest absolute Gasteiger partial charge is 0.395 e. The summed E-state index contributed by atoms with van der Waals surface area (Å²) in [4.78, 5) is 0. The smallest absolute Gasteiger partial charge is 0.0540 e. The topological polar surface area (TPSA) is 46.2 Å². The third-order valence-electron chi connectivity index (χ3n) is 5.89. The second-order valence-electron chi connectivity index (χ2n) is 7.15. The first-order valence-corrected chi connectivity index (χ1v) is 8.05. The van der Waals surface area contributed by atoms with Crippen LogP contribution in [0.3, 0.4) is 0 Å². The molecule has 20 heavy (non-hydrogen) atoms. The summed E-state index contributed by atoms with van der Waals surface area (Å²) in [5.74, 6) is 2.62. The molecule has 1 aromatic carbocycles. The Labute approximate surface area is 122 Å². The lowest BCUT2D eigenvalue weighted by molar-refractivity contribution is 0.150. The van der Waals surface area contributed by atoms with Gasteiger partial charge in [-0.3, -0.25) is 0 Å². The second-order valence-corrected chi connectivity index (χ2v) is 7.15. The Kier molecular flexibility index (Phi) is 3.87.